The van der Waals surface area contributed by atoms with E-state index in [2.05, 4.69) is 22.7 Å². The molecule has 6 heteroatoms. The van der Waals surface area contributed by atoms with Crippen molar-refractivity contribution in [3.8, 4) is 0 Å². The number of hydrogen-bond donors (Lipinski definition) is 1. The van der Waals surface area contributed by atoms with Crippen molar-refractivity contribution < 1.29 is 4.79 Å². The molecular formula is C12H18ClN3O2. The van der Waals surface area contributed by atoms with E-state index < -0.39 is 0 Å². The second-order valence-corrected chi connectivity index (χ2v) is 3.86. The van der Waals surface area contributed by atoms with Gasteiger partial charge in [-0.15, -0.1) is 16.5 Å². The zero-order valence-electron chi connectivity index (χ0n) is 10.6. The third kappa shape index (κ3) is 6.85. The van der Waals surface area contributed by atoms with E-state index in [9.17, 15) is 9.70 Å². The molecule has 5 nitrogen and oxygen atoms in total. The Morgan fingerprint density at radius 1 is 1.39 bits per heavy atom. The Hall–Kier alpha value is -1.62. The van der Waals surface area contributed by atoms with Crippen molar-refractivity contribution in [2.45, 2.75) is 13.8 Å². The largest absolute Gasteiger partial charge is 0.371 e. The van der Waals surface area contributed by atoms with Crippen LogP contribution in [0.5, 0.6) is 0 Å². The van der Waals surface area contributed by atoms with Crippen LogP contribution in [0.4, 0.5) is 11.4 Å². The summed E-state index contributed by atoms with van der Waals surface area (Å²) in [5.74, 6) is 0.265. The number of nitrogens with zero attached hydrogens (tertiary/aromatic N) is 2. The Morgan fingerprint density at radius 3 is 2.22 bits per heavy atom. The minimum atomic E-state index is -0.333. The van der Waals surface area contributed by atoms with Crippen molar-refractivity contribution in [1.82, 2.24) is 0 Å². The number of anilines is 1. The van der Waals surface area contributed by atoms with Gasteiger partial charge in [-0.3, -0.25) is 4.79 Å². The molecule has 0 aliphatic rings. The van der Waals surface area contributed by atoms with Crippen molar-refractivity contribution in [3.63, 3.8) is 0 Å². The quantitative estimate of drug-likeness (QED) is 0.661. The molecular weight excluding hydrogens is 254 g/mol. The first-order valence-corrected chi connectivity index (χ1v) is 6.09. The predicted octanol–water partition coefficient (Wildman–Crippen LogP) is 2.64. The summed E-state index contributed by atoms with van der Waals surface area (Å²) in [6, 6.07) is 7.18. The number of amides is 1. The maximum atomic E-state index is 10.2. The van der Waals surface area contributed by atoms with Crippen LogP contribution in [0.2, 0.25) is 0 Å². The molecule has 0 saturated carbocycles. The lowest BCUT2D eigenvalue weighted by atomic mass is 10.2. The van der Waals surface area contributed by atoms with Crippen LogP contribution in [-0.4, -0.2) is 24.9 Å². The lowest BCUT2D eigenvalue weighted by Crippen LogP contribution is -2.24. The number of carbonyl (C=O) groups excluding carboxylic acids is 1. The van der Waals surface area contributed by atoms with Crippen molar-refractivity contribution in [2.24, 2.45) is 10.9 Å². The van der Waals surface area contributed by atoms with Gasteiger partial charge in [0.1, 0.15) is 5.69 Å². The fraction of sp³-hybridized carbons (Fsp3) is 0.417. The highest BCUT2D eigenvalue weighted by molar-refractivity contribution is 6.18. The number of carbonyl (C=O) groups is 1. The van der Waals surface area contributed by atoms with Gasteiger partial charge in [-0.2, -0.15) is 0 Å². The van der Waals surface area contributed by atoms with Crippen LogP contribution in [0.25, 0.3) is 0 Å². The molecule has 0 spiro atoms. The molecule has 0 aliphatic heterocycles. The molecule has 0 saturated heterocycles. The van der Waals surface area contributed by atoms with E-state index in [-0.39, 0.29) is 5.91 Å². The van der Waals surface area contributed by atoms with Gasteiger partial charge in [0.2, 0.25) is 5.91 Å². The Balaban J connectivity index is 0.000000631. The van der Waals surface area contributed by atoms with Gasteiger partial charge in [-0.1, -0.05) is 0 Å². The first kappa shape index (κ1) is 16.4. The van der Waals surface area contributed by atoms with Crippen LogP contribution in [-0.2, 0) is 4.79 Å². The summed E-state index contributed by atoms with van der Waals surface area (Å²) in [5.41, 5.74) is 6.00. The molecule has 0 aromatic heterocycles. The Morgan fingerprint density at radius 2 is 1.89 bits per heavy atom. The summed E-state index contributed by atoms with van der Waals surface area (Å²) in [7, 11) is 0. The van der Waals surface area contributed by atoms with Crippen LogP contribution in [0.3, 0.4) is 0 Å². The van der Waals surface area contributed by atoms with Gasteiger partial charge in [-0.05, 0) is 36.4 Å². The number of nitroso groups, excluding NO2 is 1. The van der Waals surface area contributed by atoms with E-state index in [0.29, 0.717) is 11.6 Å². The van der Waals surface area contributed by atoms with Crippen LogP contribution < -0.4 is 10.6 Å². The maximum Gasteiger partial charge on any atom is 0.214 e. The van der Waals surface area contributed by atoms with Gasteiger partial charge >= 0.3 is 0 Å². The molecule has 0 radical (unpaired) electrons. The van der Waals surface area contributed by atoms with Gasteiger partial charge in [0.15, 0.2) is 0 Å². The molecule has 0 unspecified atom stereocenters. The fourth-order valence-corrected chi connectivity index (χ4v) is 1.50. The van der Waals surface area contributed by atoms with Gasteiger partial charge in [0.25, 0.3) is 0 Å². The SMILES string of the molecule is CC(N)=O.CCN(CCCl)c1ccc(N=O)cc1. The summed E-state index contributed by atoms with van der Waals surface area (Å²) >= 11 is 5.67. The maximum absolute atomic E-state index is 10.2. The summed E-state index contributed by atoms with van der Waals surface area (Å²) in [6.45, 7) is 5.09. The number of rotatable bonds is 5. The Labute approximate surface area is 112 Å². The summed E-state index contributed by atoms with van der Waals surface area (Å²) in [6.07, 6.45) is 0. The highest BCUT2D eigenvalue weighted by Gasteiger charge is 2.02. The molecule has 0 bridgehead atoms. The molecule has 18 heavy (non-hydrogen) atoms. The van der Waals surface area contributed by atoms with Gasteiger partial charge in [0.05, 0.1) is 0 Å². The van der Waals surface area contributed by atoms with Gasteiger partial charge < -0.3 is 10.6 Å². The number of alkyl halides is 1. The van der Waals surface area contributed by atoms with E-state index >= 15 is 0 Å². The highest BCUT2D eigenvalue weighted by atomic mass is 35.5. The van der Waals surface area contributed by atoms with E-state index in [4.69, 9.17) is 11.6 Å². The number of benzene rings is 1. The molecule has 0 fully saturated rings. The van der Waals surface area contributed by atoms with Crippen LogP contribution in [0.15, 0.2) is 29.4 Å². The molecule has 0 aliphatic carbocycles. The monoisotopic (exact) mass is 271 g/mol. The van der Waals surface area contributed by atoms with Crippen molar-refractivity contribution in [2.75, 3.05) is 23.9 Å². The van der Waals surface area contributed by atoms with E-state index in [1.54, 1.807) is 12.1 Å². The Kier molecular flexibility index (Phi) is 8.57. The lowest BCUT2D eigenvalue weighted by Gasteiger charge is -2.21. The minimum absolute atomic E-state index is 0.333. The number of hydrogen-bond acceptors (Lipinski definition) is 4. The summed E-state index contributed by atoms with van der Waals surface area (Å²) in [4.78, 5) is 21.6. The molecule has 1 aromatic carbocycles. The van der Waals surface area contributed by atoms with Crippen molar-refractivity contribution >= 4 is 28.9 Å². The fourth-order valence-electron chi connectivity index (χ4n) is 1.30. The minimum Gasteiger partial charge on any atom is -0.371 e. The van der Waals surface area contributed by atoms with Crippen LogP contribution in [0.1, 0.15) is 13.8 Å². The topological polar surface area (TPSA) is 75.8 Å². The standard InChI is InChI=1S/C10H13ClN2O.C2H5NO/c1-2-13(8-7-11)10-5-3-9(12-14)4-6-10;1-2(3)4/h3-6H,2,7-8H2,1H3;1H3,(H2,3,4). The average Bonchev–Trinajstić information content (AvgIpc) is 2.35. The highest BCUT2D eigenvalue weighted by Crippen LogP contribution is 2.19. The van der Waals surface area contributed by atoms with Crippen molar-refractivity contribution in [3.05, 3.63) is 29.2 Å². The molecule has 1 aromatic rings. The average molecular weight is 272 g/mol. The molecule has 100 valence electrons. The van der Waals surface area contributed by atoms with E-state index in [1.165, 1.54) is 6.92 Å². The second-order valence-electron chi connectivity index (χ2n) is 3.49. The molecule has 2 N–H and O–H groups in total. The Bertz CT molecular complexity index is 364. The number of primary amides is 1. The third-order valence-electron chi connectivity index (χ3n) is 2.06. The number of nitrogens with two attached hydrogens (primary N) is 1. The lowest BCUT2D eigenvalue weighted by molar-refractivity contribution is -0.115. The number of halogens is 1. The first-order valence-electron chi connectivity index (χ1n) is 5.55. The molecule has 0 atom stereocenters. The van der Waals surface area contributed by atoms with Crippen LogP contribution >= 0.6 is 11.6 Å². The zero-order chi connectivity index (χ0) is 14.0. The molecule has 0 heterocycles. The van der Waals surface area contributed by atoms with Crippen LogP contribution in [0, 0.1) is 4.91 Å². The van der Waals surface area contributed by atoms with Gasteiger partial charge in [-0.25, -0.2) is 0 Å². The summed E-state index contributed by atoms with van der Waals surface area (Å²) < 4.78 is 0. The third-order valence-corrected chi connectivity index (χ3v) is 2.23. The van der Waals surface area contributed by atoms with E-state index in [1.807, 2.05) is 12.1 Å². The summed E-state index contributed by atoms with van der Waals surface area (Å²) in [5, 5.41) is 2.85. The second kappa shape index (κ2) is 9.41. The smallest absolute Gasteiger partial charge is 0.214 e. The van der Waals surface area contributed by atoms with Gasteiger partial charge in [0, 0.05) is 31.6 Å². The normalized spacial score (nSPS) is 9.06. The first-order chi connectivity index (χ1) is 8.54. The molecule has 1 amide bonds. The van der Waals surface area contributed by atoms with E-state index in [0.717, 1.165) is 18.8 Å². The zero-order valence-corrected chi connectivity index (χ0v) is 11.4. The van der Waals surface area contributed by atoms with Crippen molar-refractivity contribution in [1.29, 1.82) is 0 Å². The predicted molar refractivity (Wildman–Crippen MR) is 75.4 cm³/mol. The molecule has 1 rings (SSSR count).